The minimum Gasteiger partial charge on any atom is -0.359 e. The van der Waals surface area contributed by atoms with Crippen molar-refractivity contribution >= 4 is 23.0 Å². The Hall–Kier alpha value is -1.88. The molecule has 0 bridgehead atoms. The number of pyridine rings is 1. The Bertz CT molecular complexity index is 499. The van der Waals surface area contributed by atoms with Gasteiger partial charge >= 0.3 is 0 Å². The van der Waals surface area contributed by atoms with Crippen molar-refractivity contribution in [1.82, 2.24) is 20.0 Å². The summed E-state index contributed by atoms with van der Waals surface area (Å²) in [6, 6.07) is 5.91. The summed E-state index contributed by atoms with van der Waals surface area (Å²) in [6.45, 7) is 4.89. The number of imidazole rings is 1. The van der Waals surface area contributed by atoms with Crippen LogP contribution in [0.2, 0.25) is 0 Å². The second-order valence-electron chi connectivity index (χ2n) is 3.55. The first-order valence-corrected chi connectivity index (χ1v) is 5.75. The average Bonchev–Trinajstić information content (AvgIpc) is 2.76. The van der Waals surface area contributed by atoms with E-state index in [-0.39, 0.29) is 0 Å². The third-order valence-electron chi connectivity index (χ3n) is 2.25. The van der Waals surface area contributed by atoms with Crippen LogP contribution in [0.4, 0.5) is 0 Å². The summed E-state index contributed by atoms with van der Waals surface area (Å²) in [5.74, 6) is 0. The lowest BCUT2D eigenvalue weighted by molar-refractivity contribution is 0.852. The smallest absolute Gasteiger partial charge is 0.166 e. The van der Waals surface area contributed by atoms with Gasteiger partial charge in [-0.1, -0.05) is 12.1 Å². The fourth-order valence-electron chi connectivity index (χ4n) is 1.47. The maximum Gasteiger partial charge on any atom is 0.166 e. The maximum atomic E-state index is 5.09. The summed E-state index contributed by atoms with van der Waals surface area (Å²) >= 11 is 5.09. The molecule has 0 saturated heterocycles. The van der Waals surface area contributed by atoms with Gasteiger partial charge in [-0.2, -0.15) is 0 Å². The van der Waals surface area contributed by atoms with E-state index in [4.69, 9.17) is 12.2 Å². The SMILES string of the molecule is C=CCNC(=S)NCc1cn2ccccc2n1. The van der Waals surface area contributed by atoms with Crippen molar-refractivity contribution < 1.29 is 0 Å². The first-order valence-electron chi connectivity index (χ1n) is 5.35. The average molecular weight is 246 g/mol. The van der Waals surface area contributed by atoms with E-state index < -0.39 is 0 Å². The van der Waals surface area contributed by atoms with Gasteiger partial charge in [0.15, 0.2) is 5.11 Å². The molecule has 4 nitrogen and oxygen atoms in total. The molecule has 2 rings (SSSR count). The quantitative estimate of drug-likeness (QED) is 0.633. The molecule has 88 valence electrons. The van der Waals surface area contributed by atoms with E-state index >= 15 is 0 Å². The van der Waals surface area contributed by atoms with Gasteiger partial charge in [0.2, 0.25) is 0 Å². The lowest BCUT2D eigenvalue weighted by Crippen LogP contribution is -2.34. The molecule has 0 radical (unpaired) electrons. The van der Waals surface area contributed by atoms with Crippen molar-refractivity contribution in [3.05, 3.63) is 48.9 Å². The highest BCUT2D eigenvalue weighted by Gasteiger charge is 2.01. The summed E-state index contributed by atoms with van der Waals surface area (Å²) < 4.78 is 1.98. The molecule has 0 aliphatic heterocycles. The molecule has 2 heterocycles. The van der Waals surface area contributed by atoms with Crippen molar-refractivity contribution in [3.63, 3.8) is 0 Å². The number of hydrogen-bond donors (Lipinski definition) is 2. The van der Waals surface area contributed by atoms with Crippen LogP contribution in [0.1, 0.15) is 5.69 Å². The lowest BCUT2D eigenvalue weighted by atomic mass is 10.5. The van der Waals surface area contributed by atoms with Crippen molar-refractivity contribution in [3.8, 4) is 0 Å². The Labute approximate surface area is 105 Å². The summed E-state index contributed by atoms with van der Waals surface area (Å²) in [5.41, 5.74) is 1.90. The molecule has 5 heteroatoms. The molecule has 2 aromatic heterocycles. The topological polar surface area (TPSA) is 41.4 Å². The van der Waals surface area contributed by atoms with E-state index in [2.05, 4.69) is 22.2 Å². The van der Waals surface area contributed by atoms with Crippen LogP contribution >= 0.6 is 12.2 Å². The normalized spacial score (nSPS) is 10.1. The van der Waals surface area contributed by atoms with Crippen LogP contribution in [-0.4, -0.2) is 21.0 Å². The van der Waals surface area contributed by atoms with Gasteiger partial charge in [0.25, 0.3) is 0 Å². The molecule has 0 aliphatic carbocycles. The zero-order valence-electron chi connectivity index (χ0n) is 9.39. The molecule has 0 amide bonds. The number of hydrogen-bond acceptors (Lipinski definition) is 2. The van der Waals surface area contributed by atoms with Crippen molar-refractivity contribution in [2.45, 2.75) is 6.54 Å². The van der Waals surface area contributed by atoms with E-state index in [0.29, 0.717) is 18.2 Å². The molecule has 0 fully saturated rings. The van der Waals surface area contributed by atoms with Crippen LogP contribution in [0.3, 0.4) is 0 Å². The Balaban J connectivity index is 1.94. The van der Waals surface area contributed by atoms with Crippen molar-refractivity contribution in [2.75, 3.05) is 6.54 Å². The fourth-order valence-corrected chi connectivity index (χ4v) is 1.63. The first-order chi connectivity index (χ1) is 8.29. The predicted molar refractivity (Wildman–Crippen MR) is 72.8 cm³/mol. The van der Waals surface area contributed by atoms with Crippen LogP contribution in [0.5, 0.6) is 0 Å². The standard InChI is InChI=1S/C12H14N4S/c1-2-6-13-12(17)14-8-10-9-16-7-4-3-5-11(16)15-10/h2-5,7,9H,1,6,8H2,(H2,13,14,17). The number of nitrogens with zero attached hydrogens (tertiary/aromatic N) is 2. The Morgan fingerprint density at radius 3 is 3.12 bits per heavy atom. The molecule has 0 saturated carbocycles. The Morgan fingerprint density at radius 2 is 2.35 bits per heavy atom. The highest BCUT2D eigenvalue weighted by atomic mass is 32.1. The molecule has 2 N–H and O–H groups in total. The summed E-state index contributed by atoms with van der Waals surface area (Å²) in [4.78, 5) is 4.46. The van der Waals surface area contributed by atoms with E-state index in [9.17, 15) is 0 Å². The maximum absolute atomic E-state index is 5.09. The number of fused-ring (bicyclic) bond motifs is 1. The number of rotatable bonds is 4. The van der Waals surface area contributed by atoms with E-state index in [0.717, 1.165) is 11.3 Å². The van der Waals surface area contributed by atoms with Gasteiger partial charge in [0.05, 0.1) is 12.2 Å². The molecule has 17 heavy (non-hydrogen) atoms. The molecule has 0 atom stereocenters. The predicted octanol–water partition coefficient (Wildman–Crippen LogP) is 1.48. The molecule has 0 aromatic carbocycles. The lowest BCUT2D eigenvalue weighted by Gasteiger charge is -2.06. The summed E-state index contributed by atoms with van der Waals surface area (Å²) in [7, 11) is 0. The van der Waals surface area contributed by atoms with Crippen LogP contribution in [-0.2, 0) is 6.54 Å². The van der Waals surface area contributed by atoms with Crippen LogP contribution < -0.4 is 10.6 Å². The Kier molecular flexibility index (Phi) is 3.72. The van der Waals surface area contributed by atoms with Gasteiger partial charge in [-0.25, -0.2) is 4.98 Å². The molecular formula is C12H14N4S. The Morgan fingerprint density at radius 1 is 1.47 bits per heavy atom. The zero-order chi connectivity index (χ0) is 12.1. The van der Waals surface area contributed by atoms with Gasteiger partial charge in [-0.05, 0) is 24.4 Å². The zero-order valence-corrected chi connectivity index (χ0v) is 10.2. The van der Waals surface area contributed by atoms with Crippen molar-refractivity contribution in [1.29, 1.82) is 0 Å². The van der Waals surface area contributed by atoms with Crippen LogP contribution in [0, 0.1) is 0 Å². The molecular weight excluding hydrogens is 232 g/mol. The summed E-state index contributed by atoms with van der Waals surface area (Å²) in [6.07, 6.45) is 5.72. The second kappa shape index (κ2) is 5.45. The monoisotopic (exact) mass is 246 g/mol. The number of nitrogens with one attached hydrogen (secondary N) is 2. The highest BCUT2D eigenvalue weighted by molar-refractivity contribution is 7.80. The first kappa shape index (κ1) is 11.6. The third kappa shape index (κ3) is 3.04. The van der Waals surface area contributed by atoms with E-state index in [1.165, 1.54) is 0 Å². The van der Waals surface area contributed by atoms with Gasteiger partial charge < -0.3 is 15.0 Å². The van der Waals surface area contributed by atoms with Gasteiger partial charge in [0, 0.05) is 18.9 Å². The fraction of sp³-hybridized carbons (Fsp3) is 0.167. The molecule has 0 spiro atoms. The highest BCUT2D eigenvalue weighted by Crippen LogP contribution is 2.03. The van der Waals surface area contributed by atoms with Crippen LogP contribution in [0.15, 0.2) is 43.2 Å². The second-order valence-corrected chi connectivity index (χ2v) is 3.96. The van der Waals surface area contributed by atoms with Gasteiger partial charge in [-0.15, -0.1) is 6.58 Å². The largest absolute Gasteiger partial charge is 0.359 e. The van der Waals surface area contributed by atoms with Crippen LogP contribution in [0.25, 0.3) is 5.65 Å². The minimum atomic E-state index is 0.613. The molecule has 2 aromatic rings. The van der Waals surface area contributed by atoms with Gasteiger partial charge in [-0.3, -0.25) is 0 Å². The molecule has 0 aliphatic rings. The number of aromatic nitrogens is 2. The minimum absolute atomic E-state index is 0.613. The van der Waals surface area contributed by atoms with E-state index in [1.807, 2.05) is 35.0 Å². The molecule has 0 unspecified atom stereocenters. The van der Waals surface area contributed by atoms with E-state index in [1.54, 1.807) is 6.08 Å². The van der Waals surface area contributed by atoms with Crippen molar-refractivity contribution in [2.24, 2.45) is 0 Å². The third-order valence-corrected chi connectivity index (χ3v) is 2.54. The number of thiocarbonyl (C=S) groups is 1. The summed E-state index contributed by atoms with van der Waals surface area (Å²) in [5, 5.41) is 6.71. The van der Waals surface area contributed by atoms with Gasteiger partial charge in [0.1, 0.15) is 5.65 Å².